The molecule has 1 amide bonds. The van der Waals surface area contributed by atoms with Crippen molar-refractivity contribution >= 4 is 18.3 Å². The van der Waals surface area contributed by atoms with E-state index in [0.717, 1.165) is 69.9 Å². The van der Waals surface area contributed by atoms with E-state index in [1.54, 1.807) is 12.3 Å². The molecule has 0 atom stereocenters. The van der Waals surface area contributed by atoms with Crippen molar-refractivity contribution in [3.63, 3.8) is 0 Å². The second-order valence-electron chi connectivity index (χ2n) is 7.12. The number of aromatic nitrogens is 1. The number of aryl methyl sites for hydroxylation is 1. The number of allylic oxidation sites excluding steroid dienone is 4. The normalized spacial score (nSPS) is 15.4. The van der Waals surface area contributed by atoms with E-state index < -0.39 is 0 Å². The summed E-state index contributed by atoms with van der Waals surface area (Å²) in [5, 5.41) is 6.09. The Kier molecular flexibility index (Phi) is 11.7. The number of rotatable bonds is 12. The van der Waals surface area contributed by atoms with Gasteiger partial charge in [0, 0.05) is 49.5 Å². The largest absolute Gasteiger partial charge is 0.378 e. The minimum atomic E-state index is -0.167. The van der Waals surface area contributed by atoms with E-state index in [9.17, 15) is 4.79 Å². The van der Waals surface area contributed by atoms with Gasteiger partial charge in [0.2, 0.25) is 0 Å². The molecule has 0 radical (unpaired) electrons. The summed E-state index contributed by atoms with van der Waals surface area (Å²) in [6, 6.07) is 3.52. The van der Waals surface area contributed by atoms with Gasteiger partial charge in [0.1, 0.15) is 0 Å². The zero-order valence-electron chi connectivity index (χ0n) is 18.4. The number of carbonyl (C=O) groups excluding carboxylic acids is 1. The highest BCUT2D eigenvalue weighted by Gasteiger charge is 2.11. The number of carbonyl (C=O) groups is 1. The Hall–Kier alpha value is -3.00. The van der Waals surface area contributed by atoms with Gasteiger partial charge in [0.15, 0.2) is 0 Å². The summed E-state index contributed by atoms with van der Waals surface area (Å²) in [5.41, 5.74) is 2.58. The summed E-state index contributed by atoms with van der Waals surface area (Å²) >= 11 is 0. The van der Waals surface area contributed by atoms with Gasteiger partial charge in [-0.3, -0.25) is 14.8 Å². The lowest BCUT2D eigenvalue weighted by Gasteiger charge is -2.29. The maximum Gasteiger partial charge on any atom is 0.251 e. The molecule has 0 spiro atoms. The standard InChI is InChI=1S/C23H34N6O2/c1-2-3-10-25-19-22(29-14-16-31-17-15-29)8-6-4-5-7-21-18-20(9-11-26-21)23(30)27-12-13-28-24/h4,6,8-9,11,13,18-19H,2-3,5,7,10,12,14-17,24H2,1H3,(H,27,30)/b6-4+,22-8+,25-19?,28-13+. The Morgan fingerprint density at radius 1 is 1.39 bits per heavy atom. The van der Waals surface area contributed by atoms with E-state index in [1.165, 1.54) is 6.21 Å². The fourth-order valence-electron chi connectivity index (χ4n) is 3.00. The molecule has 0 saturated carbocycles. The molecule has 31 heavy (non-hydrogen) atoms. The summed E-state index contributed by atoms with van der Waals surface area (Å²) in [7, 11) is 0. The molecule has 8 heteroatoms. The van der Waals surface area contributed by atoms with Crippen molar-refractivity contribution < 1.29 is 9.53 Å². The van der Waals surface area contributed by atoms with Gasteiger partial charge in [-0.25, -0.2) is 0 Å². The molecule has 8 nitrogen and oxygen atoms in total. The highest BCUT2D eigenvalue weighted by molar-refractivity contribution is 5.95. The molecule has 1 fully saturated rings. The second-order valence-corrected chi connectivity index (χ2v) is 7.12. The van der Waals surface area contributed by atoms with Crippen LogP contribution in [0.5, 0.6) is 0 Å². The number of hydrogen-bond donors (Lipinski definition) is 2. The number of ether oxygens (including phenoxy) is 1. The average molecular weight is 427 g/mol. The zero-order valence-corrected chi connectivity index (χ0v) is 18.4. The minimum Gasteiger partial charge on any atom is -0.378 e. The van der Waals surface area contributed by atoms with E-state index in [4.69, 9.17) is 10.6 Å². The number of nitrogens with zero attached hydrogens (tertiary/aromatic N) is 4. The van der Waals surface area contributed by atoms with Crippen molar-refractivity contribution in [3.05, 3.63) is 53.5 Å². The molecule has 2 heterocycles. The smallest absolute Gasteiger partial charge is 0.251 e. The van der Waals surface area contributed by atoms with Gasteiger partial charge in [0.25, 0.3) is 5.91 Å². The molecule has 2 rings (SSSR count). The quantitative estimate of drug-likeness (QED) is 0.175. The molecule has 1 saturated heterocycles. The summed E-state index contributed by atoms with van der Waals surface area (Å²) in [6.07, 6.45) is 15.2. The second kappa shape index (κ2) is 14.9. The molecule has 1 aromatic heterocycles. The summed E-state index contributed by atoms with van der Waals surface area (Å²) in [5.74, 6) is 4.87. The van der Waals surface area contributed by atoms with Gasteiger partial charge in [-0.2, -0.15) is 5.10 Å². The van der Waals surface area contributed by atoms with Crippen LogP contribution >= 0.6 is 0 Å². The Morgan fingerprint density at radius 3 is 3.00 bits per heavy atom. The van der Waals surface area contributed by atoms with Crippen LogP contribution in [0.3, 0.4) is 0 Å². The third-order valence-corrected chi connectivity index (χ3v) is 4.75. The van der Waals surface area contributed by atoms with E-state index in [0.29, 0.717) is 12.1 Å². The molecule has 0 aromatic carbocycles. The van der Waals surface area contributed by atoms with Gasteiger partial charge >= 0.3 is 0 Å². The maximum absolute atomic E-state index is 12.1. The molecule has 0 aliphatic carbocycles. The lowest BCUT2D eigenvalue weighted by Crippen LogP contribution is -2.36. The number of unbranched alkanes of at least 4 members (excludes halogenated alkanes) is 1. The van der Waals surface area contributed by atoms with Gasteiger partial charge in [0.05, 0.1) is 25.5 Å². The number of hydrazone groups is 1. The summed E-state index contributed by atoms with van der Waals surface area (Å²) in [6.45, 7) is 6.60. The first-order chi connectivity index (χ1) is 15.2. The predicted molar refractivity (Wildman–Crippen MR) is 125 cm³/mol. The molecule has 0 unspecified atom stereocenters. The number of aliphatic imine (C=N–C) groups is 1. The van der Waals surface area contributed by atoms with Crippen LogP contribution in [0, 0.1) is 0 Å². The highest BCUT2D eigenvalue weighted by Crippen LogP contribution is 2.08. The fraction of sp³-hybridized carbons (Fsp3) is 0.478. The minimum absolute atomic E-state index is 0.167. The summed E-state index contributed by atoms with van der Waals surface area (Å²) < 4.78 is 5.46. The monoisotopic (exact) mass is 426 g/mol. The number of nitrogens with two attached hydrogens (primary N) is 1. The fourth-order valence-corrected chi connectivity index (χ4v) is 3.00. The lowest BCUT2D eigenvalue weighted by molar-refractivity contribution is 0.0567. The van der Waals surface area contributed by atoms with E-state index in [2.05, 4.69) is 50.4 Å². The average Bonchev–Trinajstić information content (AvgIpc) is 2.81. The van der Waals surface area contributed by atoms with Crippen LogP contribution in [0.4, 0.5) is 0 Å². The van der Waals surface area contributed by atoms with Gasteiger partial charge in [-0.1, -0.05) is 25.5 Å². The van der Waals surface area contributed by atoms with Gasteiger partial charge in [-0.15, -0.1) is 0 Å². The van der Waals surface area contributed by atoms with Gasteiger partial charge < -0.3 is 20.8 Å². The first-order valence-electron chi connectivity index (χ1n) is 10.9. The number of hydrogen-bond acceptors (Lipinski definition) is 7. The van der Waals surface area contributed by atoms with Crippen LogP contribution in [-0.2, 0) is 11.2 Å². The first-order valence-corrected chi connectivity index (χ1v) is 10.9. The molecule has 168 valence electrons. The summed E-state index contributed by atoms with van der Waals surface area (Å²) in [4.78, 5) is 23.3. The van der Waals surface area contributed by atoms with Gasteiger partial charge in [-0.05, 0) is 37.5 Å². The van der Waals surface area contributed by atoms with Crippen LogP contribution in [0.1, 0.15) is 42.2 Å². The van der Waals surface area contributed by atoms with Crippen molar-refractivity contribution in [1.82, 2.24) is 15.2 Å². The predicted octanol–water partition coefficient (Wildman–Crippen LogP) is 2.33. The molecular weight excluding hydrogens is 392 g/mol. The molecule has 3 N–H and O–H groups in total. The Balaban J connectivity index is 1.90. The van der Waals surface area contributed by atoms with Crippen LogP contribution in [-0.4, -0.2) is 67.6 Å². The van der Waals surface area contributed by atoms with Crippen molar-refractivity contribution in [3.8, 4) is 0 Å². The molecule has 1 aromatic rings. The lowest BCUT2D eigenvalue weighted by atomic mass is 10.1. The number of morpholine rings is 1. The molecule has 1 aliphatic rings. The number of amides is 1. The Labute approximate surface area is 185 Å². The Morgan fingerprint density at radius 2 is 2.23 bits per heavy atom. The van der Waals surface area contributed by atoms with Crippen molar-refractivity contribution in [2.45, 2.75) is 32.6 Å². The third kappa shape index (κ3) is 9.57. The third-order valence-electron chi connectivity index (χ3n) is 4.75. The van der Waals surface area contributed by atoms with E-state index in [-0.39, 0.29) is 5.91 Å². The molecule has 0 bridgehead atoms. The SMILES string of the molecule is CCCCN=C/C(=C\C=C\CCc1cc(C(=O)NC/C=N/N)ccn1)N1CCOCC1. The maximum atomic E-state index is 12.1. The van der Waals surface area contributed by atoms with Crippen molar-refractivity contribution in [1.29, 1.82) is 0 Å². The van der Waals surface area contributed by atoms with Crippen LogP contribution in [0.15, 0.2) is 52.3 Å². The zero-order chi connectivity index (χ0) is 22.2. The topological polar surface area (TPSA) is 105 Å². The van der Waals surface area contributed by atoms with E-state index in [1.807, 2.05) is 12.3 Å². The van der Waals surface area contributed by atoms with Crippen LogP contribution < -0.4 is 11.2 Å². The van der Waals surface area contributed by atoms with Crippen LogP contribution in [0.2, 0.25) is 0 Å². The van der Waals surface area contributed by atoms with Crippen molar-refractivity contribution in [2.75, 3.05) is 39.4 Å². The van der Waals surface area contributed by atoms with E-state index >= 15 is 0 Å². The number of pyridine rings is 1. The first kappa shape index (κ1) is 24.3. The van der Waals surface area contributed by atoms with Crippen LogP contribution in [0.25, 0.3) is 0 Å². The number of nitrogens with one attached hydrogen (secondary N) is 1. The molecular formula is C23H34N6O2. The Bertz CT molecular complexity index is 782. The molecule has 1 aliphatic heterocycles. The van der Waals surface area contributed by atoms with Crippen molar-refractivity contribution in [2.24, 2.45) is 15.9 Å². The highest BCUT2D eigenvalue weighted by atomic mass is 16.5.